The molecule has 3 aromatic rings. The number of carboxylic acid groups (broad SMARTS) is 2. The Labute approximate surface area is 213 Å². The summed E-state index contributed by atoms with van der Waals surface area (Å²) < 4.78 is 0. The minimum Gasteiger partial charge on any atom is -0.481 e. The highest BCUT2D eigenvalue weighted by Gasteiger charge is 2.23. The van der Waals surface area contributed by atoms with Crippen LogP contribution < -0.4 is 15.8 Å². The van der Waals surface area contributed by atoms with Crippen molar-refractivity contribution in [1.29, 1.82) is 0 Å². The molecule has 0 fully saturated rings. The number of hydrogen-bond donors (Lipinski definition) is 4. The summed E-state index contributed by atoms with van der Waals surface area (Å²) in [5.74, 6) is 0.0901. The number of aromatic nitrogens is 2. The Bertz CT molecular complexity index is 1440. The smallest absolute Gasteiger partial charge is 0.326 e. The number of benzene rings is 2. The lowest BCUT2D eigenvalue weighted by atomic mass is 9.98. The molecule has 192 valence electrons. The van der Waals surface area contributed by atoms with Gasteiger partial charge in [-0.3, -0.25) is 14.4 Å². The fourth-order valence-corrected chi connectivity index (χ4v) is 4.16. The average Bonchev–Trinajstić information content (AvgIpc) is 2.84. The van der Waals surface area contributed by atoms with Crippen LogP contribution in [0.2, 0.25) is 0 Å². The van der Waals surface area contributed by atoms with Crippen molar-refractivity contribution in [2.45, 2.75) is 45.7 Å². The largest absolute Gasteiger partial charge is 0.481 e. The van der Waals surface area contributed by atoms with Crippen LogP contribution in [0.25, 0.3) is 10.9 Å². The number of amides is 1. The maximum Gasteiger partial charge on any atom is 0.326 e. The summed E-state index contributed by atoms with van der Waals surface area (Å²) >= 11 is 0. The monoisotopic (exact) mass is 504 g/mol. The van der Waals surface area contributed by atoms with Gasteiger partial charge in [0.15, 0.2) is 0 Å². The first-order valence-electron chi connectivity index (χ1n) is 11.6. The minimum absolute atomic E-state index is 0.216. The van der Waals surface area contributed by atoms with Gasteiger partial charge in [-0.2, -0.15) is 0 Å². The molecule has 0 saturated carbocycles. The average molecular weight is 505 g/mol. The van der Waals surface area contributed by atoms with Crippen molar-refractivity contribution < 1.29 is 24.6 Å². The molecule has 0 radical (unpaired) electrons. The zero-order valence-electron chi connectivity index (χ0n) is 20.7. The number of nitrogens with one attached hydrogen (secondary N) is 2. The molecular weight excluding hydrogens is 476 g/mol. The van der Waals surface area contributed by atoms with E-state index in [9.17, 15) is 24.3 Å². The van der Waals surface area contributed by atoms with Crippen LogP contribution in [0.5, 0.6) is 0 Å². The van der Waals surface area contributed by atoms with Crippen LogP contribution in [-0.2, 0) is 9.59 Å². The molecule has 0 aliphatic rings. The van der Waals surface area contributed by atoms with Gasteiger partial charge in [-0.15, -0.1) is 6.42 Å². The summed E-state index contributed by atoms with van der Waals surface area (Å²) in [6.07, 6.45) is 5.03. The molecular formula is C27H28N4O6. The standard InChI is InChI=1S/C27H28N4O6/c1-5-12-31(16(3)20-14-21-23(13-15(20)2)28-17(4)29-26(21)35)19-8-6-18(7-9-19)25(34)30-22(27(36)37)10-11-24(32)33/h1,6-9,13-14,16,22H,10-12H2,2-4H3,(H,30,34)(H,32,33)(H,36,37)(H,28,29,35). The molecule has 1 heterocycles. The molecule has 10 nitrogen and oxygen atoms in total. The van der Waals surface area contributed by atoms with Crippen LogP contribution in [-0.4, -0.2) is 50.6 Å². The molecule has 1 aromatic heterocycles. The molecule has 2 atom stereocenters. The van der Waals surface area contributed by atoms with Crippen molar-refractivity contribution in [1.82, 2.24) is 15.3 Å². The third-order valence-corrected chi connectivity index (χ3v) is 6.10. The first-order chi connectivity index (χ1) is 17.5. The first-order valence-corrected chi connectivity index (χ1v) is 11.6. The molecule has 0 saturated heterocycles. The Hall–Kier alpha value is -4.65. The molecule has 4 N–H and O–H groups in total. The van der Waals surface area contributed by atoms with Gasteiger partial charge in [0.05, 0.1) is 23.5 Å². The molecule has 37 heavy (non-hydrogen) atoms. The van der Waals surface area contributed by atoms with E-state index in [1.165, 1.54) is 0 Å². The van der Waals surface area contributed by atoms with Crippen LogP contribution in [0.3, 0.4) is 0 Å². The summed E-state index contributed by atoms with van der Waals surface area (Å²) in [6.45, 7) is 5.88. The van der Waals surface area contributed by atoms with E-state index in [1.807, 2.05) is 30.9 Å². The molecule has 0 aliphatic carbocycles. The second kappa shape index (κ2) is 11.4. The summed E-state index contributed by atoms with van der Waals surface area (Å²) in [6, 6.07) is 8.62. The predicted molar refractivity (Wildman–Crippen MR) is 139 cm³/mol. The SMILES string of the molecule is C#CCN(c1ccc(C(=O)NC(CCC(=O)O)C(=O)O)cc1)C(C)c1cc2c(=O)[nH]c(C)nc2cc1C. The highest BCUT2D eigenvalue weighted by molar-refractivity contribution is 5.97. The Balaban J connectivity index is 1.87. The molecule has 0 bridgehead atoms. The maximum atomic E-state index is 12.6. The summed E-state index contributed by atoms with van der Waals surface area (Å²) in [5.41, 5.74) is 3.15. The third kappa shape index (κ3) is 6.32. The Morgan fingerprint density at radius 2 is 1.84 bits per heavy atom. The molecule has 2 aromatic carbocycles. The number of carbonyl (C=O) groups excluding carboxylic acids is 1. The normalized spacial score (nSPS) is 12.4. The van der Waals surface area contributed by atoms with Crippen LogP contribution >= 0.6 is 0 Å². The van der Waals surface area contributed by atoms with Gasteiger partial charge in [0.2, 0.25) is 0 Å². The Morgan fingerprint density at radius 3 is 2.43 bits per heavy atom. The van der Waals surface area contributed by atoms with Gasteiger partial charge >= 0.3 is 11.9 Å². The Morgan fingerprint density at radius 1 is 1.16 bits per heavy atom. The van der Waals surface area contributed by atoms with Gasteiger partial charge in [0, 0.05) is 17.7 Å². The van der Waals surface area contributed by atoms with Gasteiger partial charge in [-0.05, 0) is 74.7 Å². The van der Waals surface area contributed by atoms with Crippen molar-refractivity contribution in [3.8, 4) is 12.3 Å². The third-order valence-electron chi connectivity index (χ3n) is 6.10. The number of aryl methyl sites for hydroxylation is 2. The topological polar surface area (TPSA) is 153 Å². The van der Waals surface area contributed by atoms with Gasteiger partial charge in [-0.1, -0.05) is 5.92 Å². The molecule has 3 rings (SSSR count). The van der Waals surface area contributed by atoms with E-state index in [0.717, 1.165) is 16.8 Å². The van der Waals surface area contributed by atoms with E-state index in [4.69, 9.17) is 11.5 Å². The van der Waals surface area contributed by atoms with Crippen molar-refractivity contribution in [3.05, 3.63) is 69.3 Å². The summed E-state index contributed by atoms with van der Waals surface area (Å²) in [4.78, 5) is 56.3. The van der Waals surface area contributed by atoms with Crippen molar-refractivity contribution in [2.75, 3.05) is 11.4 Å². The lowest BCUT2D eigenvalue weighted by molar-refractivity contribution is -0.140. The minimum atomic E-state index is -1.32. The quantitative estimate of drug-likeness (QED) is 0.308. The number of anilines is 1. The number of carbonyl (C=O) groups is 3. The van der Waals surface area contributed by atoms with Gasteiger partial charge in [0.1, 0.15) is 11.9 Å². The molecule has 2 unspecified atom stereocenters. The van der Waals surface area contributed by atoms with Gasteiger partial charge in [0.25, 0.3) is 11.5 Å². The second-order valence-corrected chi connectivity index (χ2v) is 8.73. The number of rotatable bonds is 10. The number of fused-ring (bicyclic) bond motifs is 1. The fourth-order valence-electron chi connectivity index (χ4n) is 4.16. The zero-order chi connectivity index (χ0) is 27.3. The number of carboxylic acids is 2. The molecule has 0 aliphatic heterocycles. The van der Waals surface area contributed by atoms with Crippen LogP contribution in [0, 0.1) is 26.2 Å². The van der Waals surface area contributed by atoms with Crippen LogP contribution in [0.15, 0.2) is 41.2 Å². The summed E-state index contributed by atoms with van der Waals surface area (Å²) in [7, 11) is 0. The zero-order valence-corrected chi connectivity index (χ0v) is 20.7. The highest BCUT2D eigenvalue weighted by Crippen LogP contribution is 2.30. The van der Waals surface area contributed by atoms with Gasteiger partial charge in [-0.25, -0.2) is 9.78 Å². The fraction of sp³-hybridized carbons (Fsp3) is 0.296. The van der Waals surface area contributed by atoms with E-state index in [0.29, 0.717) is 16.7 Å². The van der Waals surface area contributed by atoms with E-state index in [2.05, 4.69) is 21.2 Å². The number of H-pyrrole nitrogens is 1. The number of hydrogen-bond acceptors (Lipinski definition) is 6. The van der Waals surface area contributed by atoms with Crippen molar-refractivity contribution in [2.24, 2.45) is 0 Å². The molecule has 10 heteroatoms. The first kappa shape index (κ1) is 26.9. The van der Waals surface area contributed by atoms with Crippen LogP contribution in [0.1, 0.15) is 53.1 Å². The van der Waals surface area contributed by atoms with Crippen LogP contribution in [0.4, 0.5) is 5.69 Å². The second-order valence-electron chi connectivity index (χ2n) is 8.73. The lowest BCUT2D eigenvalue weighted by Gasteiger charge is -2.31. The van der Waals surface area contributed by atoms with E-state index in [-0.39, 0.29) is 36.6 Å². The number of aromatic amines is 1. The summed E-state index contributed by atoms with van der Waals surface area (Å²) in [5, 5.41) is 20.9. The Kier molecular flexibility index (Phi) is 8.30. The molecule has 0 spiro atoms. The highest BCUT2D eigenvalue weighted by atomic mass is 16.4. The lowest BCUT2D eigenvalue weighted by Crippen LogP contribution is -2.41. The number of terminal acetylenes is 1. The van der Waals surface area contributed by atoms with E-state index >= 15 is 0 Å². The van der Waals surface area contributed by atoms with Gasteiger partial charge < -0.3 is 25.4 Å². The number of aliphatic carboxylic acids is 2. The van der Waals surface area contributed by atoms with Crippen molar-refractivity contribution in [3.63, 3.8) is 0 Å². The maximum absolute atomic E-state index is 12.6. The van der Waals surface area contributed by atoms with Crippen molar-refractivity contribution >= 4 is 34.4 Å². The number of nitrogens with zero attached hydrogens (tertiary/aromatic N) is 2. The van der Waals surface area contributed by atoms with E-state index in [1.54, 1.807) is 31.2 Å². The molecule has 1 amide bonds. The van der Waals surface area contributed by atoms with E-state index < -0.39 is 23.9 Å². The predicted octanol–water partition coefficient (Wildman–Crippen LogP) is 2.79.